The standard InChI is InChI=1S/C19H20N2O3/c1-24-17-8-7-14(11-16(17)13-5-3-2-4-6-13)19(23)21-10-9-15(12-21)18(20)22/h2-8,11,15H,9-10,12H2,1H3,(H2,20,22)/t15-/m0/s1. The van der Waals surface area contributed by atoms with Crippen molar-refractivity contribution in [3.63, 3.8) is 0 Å². The molecule has 1 aliphatic heterocycles. The van der Waals surface area contributed by atoms with E-state index in [1.54, 1.807) is 24.1 Å². The number of nitrogens with two attached hydrogens (primary N) is 1. The first kappa shape index (κ1) is 16.1. The highest BCUT2D eigenvalue weighted by Gasteiger charge is 2.30. The van der Waals surface area contributed by atoms with E-state index >= 15 is 0 Å². The number of methoxy groups -OCH3 is 1. The highest BCUT2D eigenvalue weighted by Crippen LogP contribution is 2.31. The molecule has 0 saturated carbocycles. The normalized spacial score (nSPS) is 16.9. The Balaban J connectivity index is 1.89. The fourth-order valence-electron chi connectivity index (χ4n) is 3.04. The quantitative estimate of drug-likeness (QED) is 0.938. The van der Waals surface area contributed by atoms with Crippen LogP contribution in [0.15, 0.2) is 48.5 Å². The van der Waals surface area contributed by atoms with Crippen molar-refractivity contribution in [1.82, 2.24) is 4.90 Å². The first-order valence-electron chi connectivity index (χ1n) is 7.92. The number of primary amides is 1. The lowest BCUT2D eigenvalue weighted by molar-refractivity contribution is -0.121. The van der Waals surface area contributed by atoms with Gasteiger partial charge in [-0.15, -0.1) is 0 Å². The van der Waals surface area contributed by atoms with Crippen LogP contribution in [-0.4, -0.2) is 36.9 Å². The predicted octanol–water partition coefficient (Wildman–Crippen LogP) is 2.31. The molecule has 5 heteroatoms. The molecule has 0 spiro atoms. The van der Waals surface area contributed by atoms with E-state index in [0.717, 1.165) is 11.1 Å². The molecular weight excluding hydrogens is 304 g/mol. The second-order valence-corrected chi connectivity index (χ2v) is 5.92. The van der Waals surface area contributed by atoms with Gasteiger partial charge in [0, 0.05) is 24.2 Å². The summed E-state index contributed by atoms with van der Waals surface area (Å²) in [5.41, 5.74) is 7.78. The highest BCUT2D eigenvalue weighted by atomic mass is 16.5. The van der Waals surface area contributed by atoms with Gasteiger partial charge in [-0.25, -0.2) is 0 Å². The van der Waals surface area contributed by atoms with Crippen LogP contribution in [0.25, 0.3) is 11.1 Å². The second-order valence-electron chi connectivity index (χ2n) is 5.92. The Kier molecular flexibility index (Phi) is 4.51. The summed E-state index contributed by atoms with van der Waals surface area (Å²) >= 11 is 0. The van der Waals surface area contributed by atoms with E-state index in [1.165, 1.54) is 0 Å². The molecule has 2 aromatic carbocycles. The minimum Gasteiger partial charge on any atom is -0.496 e. The van der Waals surface area contributed by atoms with Crippen LogP contribution in [0, 0.1) is 5.92 Å². The Morgan fingerprint density at radius 3 is 2.54 bits per heavy atom. The molecule has 0 aromatic heterocycles. The van der Waals surface area contributed by atoms with Gasteiger partial charge in [0.15, 0.2) is 0 Å². The van der Waals surface area contributed by atoms with Crippen molar-refractivity contribution in [3.8, 4) is 16.9 Å². The van der Waals surface area contributed by atoms with Crippen molar-refractivity contribution in [1.29, 1.82) is 0 Å². The van der Waals surface area contributed by atoms with Gasteiger partial charge in [-0.2, -0.15) is 0 Å². The van der Waals surface area contributed by atoms with E-state index in [0.29, 0.717) is 30.8 Å². The maximum Gasteiger partial charge on any atom is 0.253 e. The number of benzene rings is 2. The molecule has 1 aliphatic rings. The van der Waals surface area contributed by atoms with Crippen LogP contribution in [-0.2, 0) is 4.79 Å². The third-order valence-electron chi connectivity index (χ3n) is 4.41. The summed E-state index contributed by atoms with van der Waals surface area (Å²) in [7, 11) is 1.61. The first-order valence-corrected chi connectivity index (χ1v) is 7.92. The van der Waals surface area contributed by atoms with Crippen LogP contribution in [0.4, 0.5) is 0 Å². The van der Waals surface area contributed by atoms with Gasteiger partial charge < -0.3 is 15.4 Å². The lowest BCUT2D eigenvalue weighted by atomic mass is 10.0. The topological polar surface area (TPSA) is 72.6 Å². The lowest BCUT2D eigenvalue weighted by Gasteiger charge is -2.17. The molecule has 0 unspecified atom stereocenters. The summed E-state index contributed by atoms with van der Waals surface area (Å²) in [6.45, 7) is 0.944. The number of carbonyl (C=O) groups excluding carboxylic acids is 2. The van der Waals surface area contributed by atoms with E-state index in [-0.39, 0.29) is 17.7 Å². The lowest BCUT2D eigenvalue weighted by Crippen LogP contribution is -2.31. The minimum atomic E-state index is -0.343. The summed E-state index contributed by atoms with van der Waals surface area (Å²) in [5.74, 6) is 0.0403. The Hall–Kier alpha value is -2.82. The van der Waals surface area contributed by atoms with E-state index in [2.05, 4.69) is 0 Å². The van der Waals surface area contributed by atoms with Crippen molar-refractivity contribution in [2.24, 2.45) is 11.7 Å². The molecule has 124 valence electrons. The Labute approximate surface area is 141 Å². The maximum absolute atomic E-state index is 12.7. The summed E-state index contributed by atoms with van der Waals surface area (Å²) in [4.78, 5) is 25.7. The van der Waals surface area contributed by atoms with Crippen LogP contribution < -0.4 is 10.5 Å². The van der Waals surface area contributed by atoms with Crippen LogP contribution in [0.5, 0.6) is 5.75 Å². The number of hydrogen-bond donors (Lipinski definition) is 1. The average molecular weight is 324 g/mol. The fourth-order valence-corrected chi connectivity index (χ4v) is 3.04. The average Bonchev–Trinajstić information content (AvgIpc) is 3.11. The molecule has 3 rings (SSSR count). The van der Waals surface area contributed by atoms with Gasteiger partial charge in [-0.05, 0) is 30.2 Å². The van der Waals surface area contributed by atoms with Gasteiger partial charge in [-0.1, -0.05) is 30.3 Å². The van der Waals surface area contributed by atoms with E-state index in [4.69, 9.17) is 10.5 Å². The van der Waals surface area contributed by atoms with Gasteiger partial charge in [0.2, 0.25) is 5.91 Å². The zero-order chi connectivity index (χ0) is 17.1. The molecule has 0 bridgehead atoms. The molecule has 2 amide bonds. The zero-order valence-corrected chi connectivity index (χ0v) is 13.6. The predicted molar refractivity (Wildman–Crippen MR) is 91.6 cm³/mol. The van der Waals surface area contributed by atoms with Crippen LogP contribution in [0.2, 0.25) is 0 Å². The van der Waals surface area contributed by atoms with Gasteiger partial charge in [0.25, 0.3) is 5.91 Å². The summed E-state index contributed by atoms with van der Waals surface area (Å²) in [6, 6.07) is 15.2. The van der Waals surface area contributed by atoms with Gasteiger partial charge in [-0.3, -0.25) is 9.59 Å². The number of ether oxygens (including phenoxy) is 1. The molecule has 5 nitrogen and oxygen atoms in total. The van der Waals surface area contributed by atoms with Gasteiger partial charge in [0.05, 0.1) is 13.0 Å². The first-order chi connectivity index (χ1) is 11.6. The van der Waals surface area contributed by atoms with Crippen LogP contribution in [0.3, 0.4) is 0 Å². The van der Waals surface area contributed by atoms with Crippen molar-refractivity contribution in [2.45, 2.75) is 6.42 Å². The van der Waals surface area contributed by atoms with Gasteiger partial charge >= 0.3 is 0 Å². The molecule has 2 N–H and O–H groups in total. The number of likely N-dealkylation sites (tertiary alicyclic amines) is 1. The molecule has 1 heterocycles. The van der Waals surface area contributed by atoms with Crippen molar-refractivity contribution < 1.29 is 14.3 Å². The number of nitrogens with zero attached hydrogens (tertiary/aromatic N) is 1. The highest BCUT2D eigenvalue weighted by molar-refractivity contribution is 5.96. The Morgan fingerprint density at radius 1 is 1.17 bits per heavy atom. The molecule has 1 atom stereocenters. The second kappa shape index (κ2) is 6.74. The van der Waals surface area contributed by atoms with Gasteiger partial charge in [0.1, 0.15) is 5.75 Å². The molecule has 1 fully saturated rings. The molecule has 24 heavy (non-hydrogen) atoms. The third kappa shape index (κ3) is 3.11. The number of carbonyl (C=O) groups is 2. The largest absolute Gasteiger partial charge is 0.496 e. The molecule has 0 aliphatic carbocycles. The van der Waals surface area contributed by atoms with E-state index in [9.17, 15) is 9.59 Å². The Morgan fingerprint density at radius 2 is 1.92 bits per heavy atom. The SMILES string of the molecule is COc1ccc(C(=O)N2CC[C@H](C(N)=O)C2)cc1-c1ccccc1. The Bertz CT molecular complexity index is 758. The summed E-state index contributed by atoms with van der Waals surface area (Å²) < 4.78 is 5.42. The number of rotatable bonds is 4. The molecular formula is C19H20N2O3. The van der Waals surface area contributed by atoms with E-state index < -0.39 is 0 Å². The summed E-state index contributed by atoms with van der Waals surface area (Å²) in [6.07, 6.45) is 0.628. The molecule has 0 radical (unpaired) electrons. The van der Waals surface area contributed by atoms with Crippen LogP contribution >= 0.6 is 0 Å². The van der Waals surface area contributed by atoms with Crippen molar-refractivity contribution in [3.05, 3.63) is 54.1 Å². The summed E-state index contributed by atoms with van der Waals surface area (Å²) in [5, 5.41) is 0. The molecule has 2 aromatic rings. The maximum atomic E-state index is 12.7. The smallest absolute Gasteiger partial charge is 0.253 e. The number of hydrogen-bond acceptors (Lipinski definition) is 3. The number of amides is 2. The molecule has 1 saturated heterocycles. The monoisotopic (exact) mass is 324 g/mol. The van der Waals surface area contributed by atoms with Crippen LogP contribution in [0.1, 0.15) is 16.8 Å². The van der Waals surface area contributed by atoms with Crippen molar-refractivity contribution >= 4 is 11.8 Å². The van der Waals surface area contributed by atoms with E-state index in [1.807, 2.05) is 36.4 Å². The fraction of sp³-hybridized carbons (Fsp3) is 0.263. The third-order valence-corrected chi connectivity index (χ3v) is 4.41. The minimum absolute atomic E-state index is 0.0846. The zero-order valence-electron chi connectivity index (χ0n) is 13.6. The van der Waals surface area contributed by atoms with Crippen molar-refractivity contribution in [2.75, 3.05) is 20.2 Å².